The lowest BCUT2D eigenvalue weighted by Gasteiger charge is -2.43. The normalized spacial score (nSPS) is 18.6. The summed E-state index contributed by atoms with van der Waals surface area (Å²) in [5.41, 5.74) is 1.53. The minimum atomic E-state index is -1.82. The van der Waals surface area contributed by atoms with Crippen molar-refractivity contribution < 1.29 is 4.43 Å². The Morgan fingerprint density at radius 1 is 1.20 bits per heavy atom. The van der Waals surface area contributed by atoms with E-state index in [1.54, 1.807) is 6.20 Å². The molecule has 0 spiro atoms. The molecule has 25 heavy (non-hydrogen) atoms. The summed E-state index contributed by atoms with van der Waals surface area (Å²) in [6, 6.07) is 0. The predicted molar refractivity (Wildman–Crippen MR) is 105 cm³/mol. The minimum Gasteiger partial charge on any atom is -0.414 e. The Balaban J connectivity index is 1.97. The van der Waals surface area contributed by atoms with E-state index >= 15 is 0 Å². The lowest BCUT2D eigenvalue weighted by Crippen LogP contribution is -2.48. The Labute approximate surface area is 156 Å². The molecule has 0 aliphatic heterocycles. The zero-order chi connectivity index (χ0) is 18.3. The molecular formula is C18H29ClN4OSi. The summed E-state index contributed by atoms with van der Waals surface area (Å²) in [5, 5.41) is 0.469. The van der Waals surface area contributed by atoms with Crippen LogP contribution >= 0.6 is 11.6 Å². The maximum Gasteiger partial charge on any atom is 0.224 e. The second kappa shape index (κ2) is 6.63. The van der Waals surface area contributed by atoms with E-state index in [-0.39, 0.29) is 15.9 Å². The summed E-state index contributed by atoms with van der Waals surface area (Å²) in [5.74, 6) is 0. The molecular weight excluding hydrogens is 352 g/mol. The molecule has 0 N–H and O–H groups in total. The summed E-state index contributed by atoms with van der Waals surface area (Å²) < 4.78 is 8.86. The smallest absolute Gasteiger partial charge is 0.224 e. The fourth-order valence-corrected chi connectivity index (χ4v) is 4.52. The van der Waals surface area contributed by atoms with E-state index in [1.165, 1.54) is 19.3 Å². The molecule has 7 heteroatoms. The van der Waals surface area contributed by atoms with Crippen molar-refractivity contribution in [2.75, 3.05) is 6.61 Å². The molecule has 2 heterocycles. The number of imidazole rings is 1. The Morgan fingerprint density at radius 2 is 1.88 bits per heavy atom. The van der Waals surface area contributed by atoms with E-state index in [0.29, 0.717) is 0 Å². The fraction of sp³-hybridized carbons (Fsp3) is 0.722. The SMILES string of the molecule is CC(C)(C)[Si](C)(C)OCC1(n2cnc3cnc(Cl)nc32)CCCCC1. The van der Waals surface area contributed by atoms with Crippen molar-refractivity contribution in [2.24, 2.45) is 0 Å². The average Bonchev–Trinajstić information content (AvgIpc) is 2.96. The van der Waals surface area contributed by atoms with Gasteiger partial charge in [-0.1, -0.05) is 40.0 Å². The Bertz CT molecular complexity index is 747. The van der Waals surface area contributed by atoms with E-state index in [4.69, 9.17) is 16.0 Å². The van der Waals surface area contributed by atoms with Crippen molar-refractivity contribution in [1.29, 1.82) is 0 Å². The van der Waals surface area contributed by atoms with Gasteiger partial charge in [0.1, 0.15) is 5.52 Å². The van der Waals surface area contributed by atoms with Crippen molar-refractivity contribution in [2.45, 2.75) is 76.5 Å². The zero-order valence-electron chi connectivity index (χ0n) is 16.0. The van der Waals surface area contributed by atoms with Crippen molar-refractivity contribution in [3.63, 3.8) is 0 Å². The zero-order valence-corrected chi connectivity index (χ0v) is 17.7. The van der Waals surface area contributed by atoms with Gasteiger partial charge < -0.3 is 8.99 Å². The molecule has 0 radical (unpaired) electrons. The van der Waals surface area contributed by atoms with Gasteiger partial charge in [-0.05, 0) is 42.6 Å². The van der Waals surface area contributed by atoms with E-state index < -0.39 is 8.32 Å². The first kappa shape index (κ1) is 18.8. The number of hydrogen-bond acceptors (Lipinski definition) is 4. The van der Waals surface area contributed by atoms with E-state index in [0.717, 1.165) is 30.6 Å². The standard InChI is InChI=1S/C18H29ClN4OSi/c1-17(2,3)25(4,5)24-12-18(9-7-6-8-10-18)23-13-21-14-11-20-16(19)22-15(14)23/h11,13H,6-10,12H2,1-5H3. The van der Waals surface area contributed by atoms with Gasteiger partial charge >= 0.3 is 0 Å². The van der Waals surface area contributed by atoms with Crippen molar-refractivity contribution in [1.82, 2.24) is 19.5 Å². The molecule has 3 rings (SSSR count). The summed E-state index contributed by atoms with van der Waals surface area (Å²) in [6.45, 7) is 12.2. The molecule has 1 aliphatic rings. The van der Waals surface area contributed by atoms with Gasteiger partial charge in [0.2, 0.25) is 5.28 Å². The van der Waals surface area contributed by atoms with Gasteiger partial charge in [0.05, 0.1) is 24.7 Å². The molecule has 2 aromatic rings. The maximum absolute atomic E-state index is 6.65. The van der Waals surface area contributed by atoms with Crippen LogP contribution in [0.2, 0.25) is 23.4 Å². The maximum atomic E-state index is 6.65. The average molecular weight is 381 g/mol. The van der Waals surface area contributed by atoms with Gasteiger partial charge in [-0.15, -0.1) is 0 Å². The van der Waals surface area contributed by atoms with Crippen LogP contribution in [0, 0.1) is 0 Å². The van der Waals surface area contributed by atoms with Crippen LogP contribution in [-0.2, 0) is 9.96 Å². The topological polar surface area (TPSA) is 52.8 Å². The molecule has 2 aromatic heterocycles. The molecule has 138 valence electrons. The Morgan fingerprint density at radius 3 is 2.52 bits per heavy atom. The molecule has 0 bridgehead atoms. The van der Waals surface area contributed by atoms with Crippen LogP contribution in [-0.4, -0.2) is 34.4 Å². The summed E-state index contributed by atoms with van der Waals surface area (Å²) in [6.07, 6.45) is 9.48. The van der Waals surface area contributed by atoms with Crippen LogP contribution in [0.1, 0.15) is 52.9 Å². The second-order valence-electron chi connectivity index (χ2n) is 8.80. The quantitative estimate of drug-likeness (QED) is 0.542. The molecule has 1 aliphatic carbocycles. The van der Waals surface area contributed by atoms with Crippen molar-refractivity contribution in [3.8, 4) is 0 Å². The highest BCUT2D eigenvalue weighted by Gasteiger charge is 2.42. The van der Waals surface area contributed by atoms with E-state index in [9.17, 15) is 0 Å². The third-order valence-corrected chi connectivity index (χ3v) is 10.7. The summed E-state index contributed by atoms with van der Waals surface area (Å²) in [4.78, 5) is 13.0. The number of rotatable bonds is 4. The fourth-order valence-electron chi connectivity index (χ4n) is 3.33. The molecule has 0 saturated heterocycles. The monoisotopic (exact) mass is 380 g/mol. The number of fused-ring (bicyclic) bond motifs is 1. The molecule has 1 fully saturated rings. The van der Waals surface area contributed by atoms with Crippen LogP contribution < -0.4 is 0 Å². The molecule has 0 aromatic carbocycles. The number of nitrogens with zero attached hydrogens (tertiary/aromatic N) is 4. The summed E-state index contributed by atoms with van der Waals surface area (Å²) >= 11 is 6.05. The first-order valence-corrected chi connectivity index (χ1v) is 12.4. The Hall–Kier alpha value is -0.983. The van der Waals surface area contributed by atoms with E-state index in [1.807, 2.05) is 6.33 Å². The number of halogens is 1. The van der Waals surface area contributed by atoms with Gasteiger partial charge in [-0.25, -0.2) is 9.97 Å². The first-order chi connectivity index (χ1) is 11.6. The van der Waals surface area contributed by atoms with Crippen molar-refractivity contribution >= 4 is 31.1 Å². The molecule has 5 nitrogen and oxygen atoms in total. The molecule has 1 saturated carbocycles. The van der Waals surface area contributed by atoms with Gasteiger partial charge in [0.15, 0.2) is 14.0 Å². The third kappa shape index (κ3) is 3.62. The highest BCUT2D eigenvalue weighted by atomic mass is 35.5. The van der Waals surface area contributed by atoms with Gasteiger partial charge in [0, 0.05) is 0 Å². The van der Waals surface area contributed by atoms with Crippen LogP contribution in [0.25, 0.3) is 11.2 Å². The van der Waals surface area contributed by atoms with Crippen LogP contribution in [0.3, 0.4) is 0 Å². The van der Waals surface area contributed by atoms with Gasteiger partial charge in [0.25, 0.3) is 0 Å². The lowest BCUT2D eigenvalue weighted by atomic mass is 9.82. The molecule has 0 amide bonds. The highest BCUT2D eigenvalue weighted by Crippen LogP contribution is 2.41. The molecule has 0 unspecified atom stereocenters. The number of aromatic nitrogens is 4. The minimum absolute atomic E-state index is 0.0831. The first-order valence-electron chi connectivity index (χ1n) is 9.15. The van der Waals surface area contributed by atoms with Gasteiger partial charge in [-0.2, -0.15) is 4.98 Å². The van der Waals surface area contributed by atoms with E-state index in [2.05, 4.69) is 53.4 Å². The predicted octanol–water partition coefficient (Wildman–Crippen LogP) is 5.16. The third-order valence-electron chi connectivity index (χ3n) is 6.06. The van der Waals surface area contributed by atoms with Crippen LogP contribution in [0.5, 0.6) is 0 Å². The second-order valence-corrected chi connectivity index (χ2v) is 13.9. The van der Waals surface area contributed by atoms with Crippen molar-refractivity contribution in [3.05, 3.63) is 17.8 Å². The highest BCUT2D eigenvalue weighted by molar-refractivity contribution is 6.74. The Kier molecular flexibility index (Phi) is 4.99. The van der Waals surface area contributed by atoms with Crippen LogP contribution in [0.4, 0.5) is 0 Å². The largest absolute Gasteiger partial charge is 0.414 e. The van der Waals surface area contributed by atoms with Crippen LogP contribution in [0.15, 0.2) is 12.5 Å². The summed E-state index contributed by atoms with van der Waals surface area (Å²) in [7, 11) is -1.82. The molecule has 0 atom stereocenters. The lowest BCUT2D eigenvalue weighted by molar-refractivity contribution is 0.0990. The number of hydrogen-bond donors (Lipinski definition) is 0. The van der Waals surface area contributed by atoms with Gasteiger partial charge in [-0.3, -0.25) is 0 Å².